The molecule has 64 valence electrons. The monoisotopic (exact) mass is 163 g/mol. The predicted molar refractivity (Wildman–Crippen MR) is 47.1 cm³/mol. The van der Waals surface area contributed by atoms with Crippen molar-refractivity contribution in [3.05, 3.63) is 24.5 Å². The molecule has 1 aromatic heterocycles. The van der Waals surface area contributed by atoms with Crippen LogP contribution in [0.3, 0.4) is 0 Å². The average molecular weight is 163 g/mol. The van der Waals surface area contributed by atoms with Crippen LogP contribution < -0.4 is 4.74 Å². The van der Waals surface area contributed by atoms with Crippen LogP contribution in [0.1, 0.15) is 25.7 Å². The van der Waals surface area contributed by atoms with Gasteiger partial charge in [-0.1, -0.05) is 0 Å². The highest BCUT2D eigenvalue weighted by Gasteiger charge is 2.15. The van der Waals surface area contributed by atoms with Gasteiger partial charge in [0.25, 0.3) is 0 Å². The fraction of sp³-hybridized carbons (Fsp3) is 0.500. The van der Waals surface area contributed by atoms with Crippen LogP contribution in [0.15, 0.2) is 24.5 Å². The van der Waals surface area contributed by atoms with Crippen molar-refractivity contribution in [3.63, 3.8) is 0 Å². The summed E-state index contributed by atoms with van der Waals surface area (Å²) in [6, 6.07) is 3.83. The molecule has 0 unspecified atom stereocenters. The maximum absolute atomic E-state index is 5.74. The number of ether oxygens (including phenoxy) is 1. The van der Waals surface area contributed by atoms with Crippen molar-refractivity contribution < 1.29 is 4.74 Å². The molecule has 1 aromatic rings. The zero-order valence-electron chi connectivity index (χ0n) is 7.07. The summed E-state index contributed by atoms with van der Waals surface area (Å²) in [7, 11) is 0. The molecule has 1 aliphatic rings. The van der Waals surface area contributed by atoms with E-state index in [9.17, 15) is 0 Å². The van der Waals surface area contributed by atoms with Gasteiger partial charge in [-0.3, -0.25) is 4.98 Å². The molecule has 0 saturated heterocycles. The summed E-state index contributed by atoms with van der Waals surface area (Å²) in [4.78, 5) is 3.94. The van der Waals surface area contributed by atoms with Crippen LogP contribution in [0.5, 0.6) is 5.75 Å². The summed E-state index contributed by atoms with van der Waals surface area (Å²) in [6.07, 6.45) is 9.04. The Morgan fingerprint density at radius 1 is 1.17 bits per heavy atom. The molecule has 0 aromatic carbocycles. The van der Waals surface area contributed by atoms with Gasteiger partial charge >= 0.3 is 0 Å². The second-order valence-corrected chi connectivity index (χ2v) is 3.21. The Balaban J connectivity index is 1.94. The zero-order chi connectivity index (χ0) is 8.23. The van der Waals surface area contributed by atoms with Crippen LogP contribution in [0, 0.1) is 0 Å². The quantitative estimate of drug-likeness (QED) is 0.668. The topological polar surface area (TPSA) is 22.1 Å². The van der Waals surface area contributed by atoms with Gasteiger partial charge in [0.1, 0.15) is 5.75 Å². The van der Waals surface area contributed by atoms with Crippen LogP contribution in [-0.4, -0.2) is 11.1 Å². The van der Waals surface area contributed by atoms with E-state index in [2.05, 4.69) is 4.98 Å². The number of pyridine rings is 1. The Labute approximate surface area is 72.6 Å². The maximum atomic E-state index is 5.74. The summed E-state index contributed by atoms with van der Waals surface area (Å²) >= 11 is 0. The Morgan fingerprint density at radius 2 is 1.83 bits per heavy atom. The first-order valence-electron chi connectivity index (χ1n) is 4.52. The SMILES string of the molecule is c1cc(OC2CCCC2)ccn1. The summed E-state index contributed by atoms with van der Waals surface area (Å²) in [5.41, 5.74) is 0. The van der Waals surface area contributed by atoms with Crippen molar-refractivity contribution >= 4 is 0 Å². The summed E-state index contributed by atoms with van der Waals surface area (Å²) in [5, 5.41) is 0. The summed E-state index contributed by atoms with van der Waals surface area (Å²) in [6.45, 7) is 0. The van der Waals surface area contributed by atoms with Gasteiger partial charge in [0.05, 0.1) is 6.10 Å². The van der Waals surface area contributed by atoms with Crippen LogP contribution in [0.2, 0.25) is 0 Å². The van der Waals surface area contributed by atoms with Gasteiger partial charge in [0.2, 0.25) is 0 Å². The molecule has 12 heavy (non-hydrogen) atoms. The smallest absolute Gasteiger partial charge is 0.122 e. The van der Waals surface area contributed by atoms with E-state index in [1.54, 1.807) is 12.4 Å². The second kappa shape index (κ2) is 3.57. The lowest BCUT2D eigenvalue weighted by atomic mass is 10.3. The Kier molecular flexibility index (Phi) is 2.26. The molecule has 1 heterocycles. The van der Waals surface area contributed by atoms with Crippen LogP contribution in [0.4, 0.5) is 0 Å². The van der Waals surface area contributed by atoms with Crippen LogP contribution >= 0.6 is 0 Å². The third-order valence-corrected chi connectivity index (χ3v) is 2.25. The van der Waals surface area contributed by atoms with Crippen molar-refractivity contribution in [2.75, 3.05) is 0 Å². The van der Waals surface area contributed by atoms with Gasteiger partial charge in [-0.25, -0.2) is 0 Å². The number of aromatic nitrogens is 1. The summed E-state index contributed by atoms with van der Waals surface area (Å²) < 4.78 is 5.74. The molecule has 1 fully saturated rings. The molecule has 2 heteroatoms. The minimum Gasteiger partial charge on any atom is -0.490 e. The Hall–Kier alpha value is -1.05. The predicted octanol–water partition coefficient (Wildman–Crippen LogP) is 2.40. The van der Waals surface area contributed by atoms with Crippen molar-refractivity contribution in [2.24, 2.45) is 0 Å². The van der Waals surface area contributed by atoms with Crippen molar-refractivity contribution in [3.8, 4) is 5.75 Å². The highest BCUT2D eigenvalue weighted by molar-refractivity contribution is 5.17. The van der Waals surface area contributed by atoms with Crippen molar-refractivity contribution in [1.82, 2.24) is 4.98 Å². The summed E-state index contributed by atoms with van der Waals surface area (Å²) in [5.74, 6) is 0.955. The highest BCUT2D eigenvalue weighted by atomic mass is 16.5. The standard InChI is InChI=1S/C10H13NO/c1-2-4-9(3-1)12-10-5-7-11-8-6-10/h5-9H,1-4H2. The van der Waals surface area contributed by atoms with Gasteiger partial charge < -0.3 is 4.74 Å². The molecular formula is C10H13NO. The first-order chi connectivity index (χ1) is 5.95. The van der Waals surface area contributed by atoms with E-state index in [0.29, 0.717) is 6.10 Å². The molecule has 0 spiro atoms. The van der Waals surface area contributed by atoms with Gasteiger partial charge in [0, 0.05) is 12.4 Å². The van der Waals surface area contributed by atoms with E-state index in [4.69, 9.17) is 4.74 Å². The molecular weight excluding hydrogens is 150 g/mol. The lowest BCUT2D eigenvalue weighted by Gasteiger charge is -2.11. The third-order valence-electron chi connectivity index (χ3n) is 2.25. The van der Waals surface area contributed by atoms with Crippen LogP contribution in [0.25, 0.3) is 0 Å². The van der Waals surface area contributed by atoms with E-state index >= 15 is 0 Å². The number of nitrogens with zero attached hydrogens (tertiary/aromatic N) is 1. The minimum atomic E-state index is 0.451. The van der Waals surface area contributed by atoms with E-state index in [1.165, 1.54) is 25.7 Å². The molecule has 0 N–H and O–H groups in total. The van der Waals surface area contributed by atoms with E-state index < -0.39 is 0 Å². The first-order valence-corrected chi connectivity index (χ1v) is 4.52. The third kappa shape index (κ3) is 1.76. The molecule has 1 aliphatic carbocycles. The molecule has 0 aliphatic heterocycles. The Morgan fingerprint density at radius 3 is 2.50 bits per heavy atom. The highest BCUT2D eigenvalue weighted by Crippen LogP contribution is 2.23. The molecule has 2 nitrogen and oxygen atoms in total. The van der Waals surface area contributed by atoms with Crippen molar-refractivity contribution in [1.29, 1.82) is 0 Å². The zero-order valence-corrected chi connectivity index (χ0v) is 7.07. The first kappa shape index (κ1) is 7.59. The fourth-order valence-corrected chi connectivity index (χ4v) is 1.62. The molecule has 1 saturated carbocycles. The Bertz CT molecular complexity index is 229. The van der Waals surface area contributed by atoms with Gasteiger partial charge in [0.15, 0.2) is 0 Å². The minimum absolute atomic E-state index is 0.451. The maximum Gasteiger partial charge on any atom is 0.122 e. The fourth-order valence-electron chi connectivity index (χ4n) is 1.62. The number of hydrogen-bond donors (Lipinski definition) is 0. The van der Waals surface area contributed by atoms with E-state index in [-0.39, 0.29) is 0 Å². The lowest BCUT2D eigenvalue weighted by molar-refractivity contribution is 0.210. The molecule has 2 rings (SSSR count). The molecule has 0 atom stereocenters. The normalized spacial score (nSPS) is 18.0. The number of rotatable bonds is 2. The van der Waals surface area contributed by atoms with Crippen molar-refractivity contribution in [2.45, 2.75) is 31.8 Å². The van der Waals surface area contributed by atoms with Gasteiger partial charge in [-0.15, -0.1) is 0 Å². The molecule has 0 radical (unpaired) electrons. The van der Waals surface area contributed by atoms with Crippen LogP contribution in [-0.2, 0) is 0 Å². The molecule has 0 bridgehead atoms. The van der Waals surface area contributed by atoms with Gasteiger partial charge in [-0.05, 0) is 37.8 Å². The average Bonchev–Trinajstić information content (AvgIpc) is 2.59. The van der Waals surface area contributed by atoms with E-state index in [0.717, 1.165) is 5.75 Å². The number of hydrogen-bond acceptors (Lipinski definition) is 2. The molecule has 0 amide bonds. The lowest BCUT2D eigenvalue weighted by Crippen LogP contribution is -2.10. The second-order valence-electron chi connectivity index (χ2n) is 3.21. The largest absolute Gasteiger partial charge is 0.490 e. The van der Waals surface area contributed by atoms with Gasteiger partial charge in [-0.2, -0.15) is 0 Å². The van der Waals surface area contributed by atoms with E-state index in [1.807, 2.05) is 12.1 Å².